The highest BCUT2D eigenvalue weighted by molar-refractivity contribution is 5.76. The molecule has 1 aliphatic rings. The zero-order chi connectivity index (χ0) is 20.3. The van der Waals surface area contributed by atoms with Gasteiger partial charge in [-0.05, 0) is 44.0 Å². The van der Waals surface area contributed by atoms with Gasteiger partial charge in [0, 0.05) is 13.1 Å². The third kappa shape index (κ3) is 3.83. The molecule has 1 amide bonds. The molecule has 0 fully saturated rings. The highest BCUT2D eigenvalue weighted by Gasteiger charge is 2.19. The Bertz CT molecular complexity index is 1010. The molecule has 0 N–H and O–H groups in total. The van der Waals surface area contributed by atoms with Gasteiger partial charge in [0.15, 0.2) is 11.5 Å². The van der Waals surface area contributed by atoms with Crippen LogP contribution in [0, 0.1) is 25.2 Å². The maximum absolute atomic E-state index is 12.8. The van der Waals surface area contributed by atoms with Gasteiger partial charge in [-0.3, -0.25) is 9.59 Å². The largest absolute Gasteiger partial charge is 0.486 e. The Hall–Kier alpha value is -3.34. The first-order valence-corrected chi connectivity index (χ1v) is 9.09. The predicted octanol–water partition coefficient (Wildman–Crippen LogP) is 1.55. The summed E-state index contributed by atoms with van der Waals surface area (Å²) in [5.41, 5.74) is 1.47. The average molecular weight is 382 g/mol. The zero-order valence-corrected chi connectivity index (χ0v) is 16.2. The van der Waals surface area contributed by atoms with E-state index in [-0.39, 0.29) is 18.0 Å². The Kier molecular flexibility index (Phi) is 5.64. The van der Waals surface area contributed by atoms with Crippen molar-refractivity contribution in [2.75, 3.05) is 19.8 Å². The minimum Gasteiger partial charge on any atom is -0.486 e. The van der Waals surface area contributed by atoms with Gasteiger partial charge in [0.2, 0.25) is 5.91 Å². The molecule has 28 heavy (non-hydrogen) atoms. The van der Waals surface area contributed by atoms with Crippen LogP contribution >= 0.6 is 0 Å². The van der Waals surface area contributed by atoms with Crippen molar-refractivity contribution in [2.45, 2.75) is 33.9 Å². The Morgan fingerprint density at radius 1 is 1.29 bits per heavy atom. The fourth-order valence-electron chi connectivity index (χ4n) is 3.02. The molecule has 1 aromatic heterocycles. The van der Waals surface area contributed by atoms with Gasteiger partial charge < -0.3 is 14.4 Å². The summed E-state index contributed by atoms with van der Waals surface area (Å²) >= 11 is 0. The van der Waals surface area contributed by atoms with E-state index < -0.39 is 5.56 Å². The van der Waals surface area contributed by atoms with Crippen LogP contribution in [0.2, 0.25) is 0 Å². The number of benzene rings is 1. The molecule has 3 rings (SSSR count). The maximum atomic E-state index is 12.8. The first-order chi connectivity index (χ1) is 13.4. The number of carbonyl (C=O) groups is 1. The van der Waals surface area contributed by atoms with E-state index >= 15 is 0 Å². The van der Waals surface area contributed by atoms with Crippen molar-refractivity contribution < 1.29 is 14.3 Å². The smallest absolute Gasteiger partial charge is 0.285 e. The number of nitriles is 1. The topological polar surface area (TPSA) is 97.4 Å². The van der Waals surface area contributed by atoms with Crippen molar-refractivity contribution in [3.05, 3.63) is 50.9 Å². The quantitative estimate of drug-likeness (QED) is 0.778. The molecule has 1 aromatic carbocycles. The highest BCUT2D eigenvalue weighted by Crippen LogP contribution is 2.31. The first kappa shape index (κ1) is 19.4. The molecule has 0 saturated carbocycles. The lowest BCUT2D eigenvalue weighted by Crippen LogP contribution is -2.38. The van der Waals surface area contributed by atoms with Crippen molar-refractivity contribution >= 4 is 5.91 Å². The minimum atomic E-state index is -0.547. The molecule has 0 unspecified atom stereocenters. The Balaban J connectivity index is 1.79. The van der Waals surface area contributed by atoms with E-state index in [0.29, 0.717) is 49.1 Å². The van der Waals surface area contributed by atoms with Crippen LogP contribution in [-0.2, 0) is 17.9 Å². The Labute approximate surface area is 162 Å². The number of ether oxygens (including phenoxy) is 2. The average Bonchev–Trinajstić information content (AvgIpc) is 2.70. The number of aromatic nitrogens is 2. The van der Waals surface area contributed by atoms with E-state index in [1.807, 2.05) is 31.2 Å². The van der Waals surface area contributed by atoms with Crippen molar-refractivity contribution in [3.63, 3.8) is 0 Å². The van der Waals surface area contributed by atoms with Gasteiger partial charge >= 0.3 is 0 Å². The van der Waals surface area contributed by atoms with Crippen LogP contribution < -0.4 is 15.0 Å². The first-order valence-electron chi connectivity index (χ1n) is 9.09. The zero-order valence-electron chi connectivity index (χ0n) is 16.2. The monoisotopic (exact) mass is 382 g/mol. The summed E-state index contributed by atoms with van der Waals surface area (Å²) in [5.74, 6) is 1.11. The van der Waals surface area contributed by atoms with Gasteiger partial charge in [0.25, 0.3) is 5.56 Å². The van der Waals surface area contributed by atoms with Crippen molar-refractivity contribution in [1.82, 2.24) is 14.7 Å². The van der Waals surface area contributed by atoms with Crippen molar-refractivity contribution in [3.8, 4) is 17.6 Å². The van der Waals surface area contributed by atoms with Crippen LogP contribution in [0.15, 0.2) is 23.0 Å². The number of hydrogen-bond donors (Lipinski definition) is 0. The van der Waals surface area contributed by atoms with Crippen molar-refractivity contribution in [1.29, 1.82) is 5.26 Å². The lowest BCUT2D eigenvalue weighted by Gasteiger charge is -2.23. The van der Waals surface area contributed by atoms with Gasteiger partial charge in [0.1, 0.15) is 31.4 Å². The summed E-state index contributed by atoms with van der Waals surface area (Å²) in [5, 5.41) is 13.4. The normalized spacial score (nSPS) is 12.4. The molecule has 0 saturated heterocycles. The third-order valence-corrected chi connectivity index (χ3v) is 4.75. The minimum absolute atomic E-state index is 0.0233. The van der Waals surface area contributed by atoms with Crippen LogP contribution in [0.3, 0.4) is 0 Å². The number of rotatable bonds is 5. The number of nitrogens with zero attached hydrogens (tertiary/aromatic N) is 4. The van der Waals surface area contributed by atoms with E-state index in [2.05, 4.69) is 5.10 Å². The van der Waals surface area contributed by atoms with E-state index in [9.17, 15) is 14.9 Å². The number of fused-ring (bicyclic) bond motifs is 1. The summed E-state index contributed by atoms with van der Waals surface area (Å²) in [4.78, 5) is 26.8. The molecular formula is C20H22N4O4. The molecule has 2 heterocycles. The molecule has 0 radical (unpaired) electrons. The number of amides is 1. The fraction of sp³-hybridized carbons (Fsp3) is 0.400. The molecule has 0 bridgehead atoms. The second-order valence-corrected chi connectivity index (χ2v) is 6.55. The predicted molar refractivity (Wildman–Crippen MR) is 101 cm³/mol. The summed E-state index contributed by atoms with van der Waals surface area (Å²) < 4.78 is 12.2. The van der Waals surface area contributed by atoms with Gasteiger partial charge in [-0.2, -0.15) is 10.4 Å². The summed E-state index contributed by atoms with van der Waals surface area (Å²) in [6.45, 7) is 6.90. The standard InChI is InChI=1S/C20H22N4O4/c1-4-23(11-15-5-6-17-18(9-15)28-8-7-27-17)19(25)12-24-20(26)16(10-21)13(2)14(3)22-24/h5-6,9H,4,7-8,11-12H2,1-3H3. The number of hydrogen-bond acceptors (Lipinski definition) is 6. The summed E-state index contributed by atoms with van der Waals surface area (Å²) in [7, 11) is 0. The molecule has 146 valence electrons. The summed E-state index contributed by atoms with van der Waals surface area (Å²) in [6, 6.07) is 7.48. The molecule has 0 aliphatic carbocycles. The fourth-order valence-corrected chi connectivity index (χ4v) is 3.02. The van der Waals surface area contributed by atoms with Crippen LogP contribution in [0.4, 0.5) is 0 Å². The molecule has 1 aliphatic heterocycles. The van der Waals surface area contributed by atoms with Gasteiger partial charge in [-0.25, -0.2) is 4.68 Å². The SMILES string of the molecule is CCN(Cc1ccc2c(c1)OCCO2)C(=O)Cn1nc(C)c(C)c(C#N)c1=O. The van der Waals surface area contributed by atoms with Crippen LogP contribution in [0.5, 0.6) is 11.5 Å². The van der Waals surface area contributed by atoms with Crippen LogP contribution in [0.1, 0.15) is 29.3 Å². The van der Waals surface area contributed by atoms with Gasteiger partial charge in [0.05, 0.1) is 5.69 Å². The molecule has 8 nitrogen and oxygen atoms in total. The third-order valence-electron chi connectivity index (χ3n) is 4.75. The molecular weight excluding hydrogens is 360 g/mol. The lowest BCUT2D eigenvalue weighted by atomic mass is 10.1. The maximum Gasteiger partial charge on any atom is 0.285 e. The second kappa shape index (κ2) is 8.13. The number of aryl methyl sites for hydroxylation is 1. The second-order valence-electron chi connectivity index (χ2n) is 6.55. The summed E-state index contributed by atoms with van der Waals surface area (Å²) in [6.07, 6.45) is 0. The highest BCUT2D eigenvalue weighted by atomic mass is 16.6. The van der Waals surface area contributed by atoms with E-state index in [0.717, 1.165) is 10.2 Å². The molecule has 0 atom stereocenters. The Morgan fingerprint density at radius 3 is 2.68 bits per heavy atom. The van der Waals surface area contributed by atoms with E-state index in [1.165, 1.54) is 0 Å². The van der Waals surface area contributed by atoms with E-state index in [1.54, 1.807) is 18.7 Å². The number of carbonyl (C=O) groups excluding carboxylic acids is 1. The molecule has 0 spiro atoms. The van der Waals surface area contributed by atoms with Gasteiger partial charge in [-0.15, -0.1) is 0 Å². The van der Waals surface area contributed by atoms with E-state index in [4.69, 9.17) is 9.47 Å². The number of likely N-dealkylation sites (N-methyl/N-ethyl adjacent to an activating group) is 1. The van der Waals surface area contributed by atoms with Crippen molar-refractivity contribution in [2.24, 2.45) is 0 Å². The molecule has 2 aromatic rings. The lowest BCUT2D eigenvalue weighted by molar-refractivity contribution is -0.132. The van der Waals surface area contributed by atoms with Crippen LogP contribution in [0.25, 0.3) is 0 Å². The Morgan fingerprint density at radius 2 is 2.00 bits per heavy atom. The van der Waals surface area contributed by atoms with Gasteiger partial charge in [-0.1, -0.05) is 6.07 Å². The van der Waals surface area contributed by atoms with Crippen LogP contribution in [-0.4, -0.2) is 40.3 Å². The molecule has 8 heteroatoms.